The van der Waals surface area contributed by atoms with Crippen molar-refractivity contribution in [2.24, 2.45) is 5.92 Å². The normalized spacial score (nSPS) is 22.5. The van der Waals surface area contributed by atoms with Gasteiger partial charge in [-0.2, -0.15) is 4.98 Å². The first-order chi connectivity index (χ1) is 15.1. The van der Waals surface area contributed by atoms with Crippen LogP contribution in [0.4, 0.5) is 0 Å². The Morgan fingerprint density at radius 2 is 1.90 bits per heavy atom. The first kappa shape index (κ1) is 21.0. The summed E-state index contributed by atoms with van der Waals surface area (Å²) in [7, 11) is 1.73. The molecule has 6 nitrogen and oxygen atoms in total. The van der Waals surface area contributed by atoms with E-state index >= 15 is 0 Å². The Morgan fingerprint density at radius 1 is 1.13 bits per heavy atom. The van der Waals surface area contributed by atoms with Gasteiger partial charge < -0.3 is 14.0 Å². The average molecular weight is 426 g/mol. The van der Waals surface area contributed by atoms with Gasteiger partial charge in [0.2, 0.25) is 5.89 Å². The number of aryl methyl sites for hydroxylation is 1. The lowest BCUT2D eigenvalue weighted by molar-refractivity contribution is 0.0778. The molecule has 0 radical (unpaired) electrons. The standard InChI is InChI=1S/C25H35N3O3/c1-18-15-20(5-6-22(18)29-2)17-28-11-9-25(10-12-28,16-19-3-4-19)24-26-23(31-27-24)21-7-13-30-14-8-21/h5-6,15,19,21H,3-4,7-14,16-17H2,1-2H3. The summed E-state index contributed by atoms with van der Waals surface area (Å²) in [6.45, 7) is 6.87. The first-order valence-electron chi connectivity index (χ1n) is 11.9. The van der Waals surface area contributed by atoms with Gasteiger partial charge in [0.05, 0.1) is 7.11 Å². The zero-order valence-corrected chi connectivity index (χ0v) is 18.9. The molecule has 0 spiro atoms. The second kappa shape index (κ2) is 8.91. The Hall–Kier alpha value is -1.92. The Bertz CT molecular complexity index is 878. The van der Waals surface area contributed by atoms with E-state index in [0.717, 1.165) is 81.9 Å². The molecule has 0 bridgehead atoms. The molecule has 3 heterocycles. The lowest BCUT2D eigenvalue weighted by Gasteiger charge is -2.40. The van der Waals surface area contributed by atoms with Gasteiger partial charge in [-0.05, 0) is 75.2 Å². The van der Waals surface area contributed by atoms with Gasteiger partial charge >= 0.3 is 0 Å². The Kier molecular flexibility index (Phi) is 6.02. The highest BCUT2D eigenvalue weighted by Gasteiger charge is 2.44. The molecule has 31 heavy (non-hydrogen) atoms. The van der Waals surface area contributed by atoms with Crippen molar-refractivity contribution in [2.75, 3.05) is 33.4 Å². The predicted octanol–water partition coefficient (Wildman–Crippen LogP) is 4.61. The van der Waals surface area contributed by atoms with Crippen molar-refractivity contribution in [1.82, 2.24) is 15.0 Å². The quantitative estimate of drug-likeness (QED) is 0.645. The third kappa shape index (κ3) is 4.65. The minimum absolute atomic E-state index is 0.0837. The van der Waals surface area contributed by atoms with Crippen LogP contribution in [0.5, 0.6) is 5.75 Å². The van der Waals surface area contributed by atoms with E-state index in [1.165, 1.54) is 30.4 Å². The van der Waals surface area contributed by atoms with Crippen LogP contribution in [0.2, 0.25) is 0 Å². The highest BCUT2D eigenvalue weighted by atomic mass is 16.5. The summed E-state index contributed by atoms with van der Waals surface area (Å²) < 4.78 is 16.7. The first-order valence-corrected chi connectivity index (χ1v) is 11.9. The van der Waals surface area contributed by atoms with Crippen LogP contribution in [0.25, 0.3) is 0 Å². The van der Waals surface area contributed by atoms with Crippen LogP contribution in [0.3, 0.4) is 0 Å². The van der Waals surface area contributed by atoms with E-state index < -0.39 is 0 Å². The summed E-state index contributed by atoms with van der Waals surface area (Å²) >= 11 is 0. The van der Waals surface area contributed by atoms with Gasteiger partial charge in [-0.25, -0.2) is 0 Å². The number of benzene rings is 1. The van der Waals surface area contributed by atoms with Crippen LogP contribution in [0.15, 0.2) is 22.7 Å². The molecule has 0 unspecified atom stereocenters. The Morgan fingerprint density at radius 3 is 2.58 bits per heavy atom. The number of likely N-dealkylation sites (tertiary alicyclic amines) is 1. The molecule has 0 amide bonds. The van der Waals surface area contributed by atoms with Gasteiger partial charge in [-0.3, -0.25) is 4.90 Å². The van der Waals surface area contributed by atoms with Crippen LogP contribution < -0.4 is 4.74 Å². The van der Waals surface area contributed by atoms with E-state index in [1.54, 1.807) is 7.11 Å². The second-order valence-corrected chi connectivity index (χ2v) is 9.85. The Labute approximate surface area is 185 Å². The molecule has 2 saturated heterocycles. The number of hydrogen-bond acceptors (Lipinski definition) is 6. The third-order valence-electron chi connectivity index (χ3n) is 7.54. The predicted molar refractivity (Wildman–Crippen MR) is 118 cm³/mol. The summed E-state index contributed by atoms with van der Waals surface area (Å²) in [6, 6.07) is 6.53. The van der Waals surface area contributed by atoms with Gasteiger partial charge in [-0.1, -0.05) is 30.1 Å². The lowest BCUT2D eigenvalue weighted by atomic mass is 9.73. The molecule has 3 fully saturated rings. The summed E-state index contributed by atoms with van der Waals surface area (Å²) in [5, 5.41) is 4.55. The minimum Gasteiger partial charge on any atom is -0.496 e. The average Bonchev–Trinajstić information content (AvgIpc) is 3.46. The number of hydrogen-bond donors (Lipinski definition) is 0. The molecule has 5 rings (SSSR count). The molecule has 1 aromatic heterocycles. The number of aromatic nitrogens is 2. The van der Waals surface area contributed by atoms with E-state index in [1.807, 2.05) is 0 Å². The monoisotopic (exact) mass is 425 g/mol. The van der Waals surface area contributed by atoms with Gasteiger partial charge in [-0.15, -0.1) is 0 Å². The molecule has 0 N–H and O–H groups in total. The molecular weight excluding hydrogens is 390 g/mol. The Balaban J connectivity index is 1.27. The van der Waals surface area contributed by atoms with Crippen LogP contribution in [-0.4, -0.2) is 48.5 Å². The number of nitrogens with zero attached hydrogens (tertiary/aromatic N) is 3. The third-order valence-corrected chi connectivity index (χ3v) is 7.54. The van der Waals surface area contributed by atoms with E-state index in [-0.39, 0.29) is 5.41 Å². The molecule has 1 saturated carbocycles. The molecular formula is C25H35N3O3. The molecule has 168 valence electrons. The maximum Gasteiger partial charge on any atom is 0.229 e. The topological polar surface area (TPSA) is 60.6 Å². The molecule has 0 atom stereocenters. The molecule has 2 aliphatic heterocycles. The van der Waals surface area contributed by atoms with Gasteiger partial charge in [0.15, 0.2) is 5.82 Å². The second-order valence-electron chi connectivity index (χ2n) is 9.85. The number of ether oxygens (including phenoxy) is 2. The van der Waals surface area contributed by atoms with Crippen molar-refractivity contribution >= 4 is 0 Å². The van der Waals surface area contributed by atoms with Gasteiger partial charge in [0.1, 0.15) is 5.75 Å². The van der Waals surface area contributed by atoms with Gasteiger partial charge in [0, 0.05) is 31.1 Å². The highest BCUT2D eigenvalue weighted by molar-refractivity contribution is 5.36. The lowest BCUT2D eigenvalue weighted by Crippen LogP contribution is -2.43. The van der Waals surface area contributed by atoms with Crippen molar-refractivity contribution in [3.63, 3.8) is 0 Å². The highest BCUT2D eigenvalue weighted by Crippen LogP contribution is 2.47. The molecule has 3 aliphatic rings. The summed E-state index contributed by atoms with van der Waals surface area (Å²) in [4.78, 5) is 7.56. The summed E-state index contributed by atoms with van der Waals surface area (Å²) in [5.74, 6) is 3.99. The molecule has 2 aromatic rings. The van der Waals surface area contributed by atoms with Crippen LogP contribution in [0.1, 0.15) is 73.7 Å². The molecule has 1 aromatic carbocycles. The summed E-state index contributed by atoms with van der Waals surface area (Å²) in [6.07, 6.45) is 8.16. The van der Waals surface area contributed by atoms with Gasteiger partial charge in [0.25, 0.3) is 0 Å². The van der Waals surface area contributed by atoms with E-state index in [2.05, 4.69) is 35.2 Å². The maximum atomic E-state index is 5.80. The van der Waals surface area contributed by atoms with E-state index in [4.69, 9.17) is 19.0 Å². The fraction of sp³-hybridized carbons (Fsp3) is 0.680. The van der Waals surface area contributed by atoms with Crippen LogP contribution in [-0.2, 0) is 16.7 Å². The molecule has 6 heteroatoms. The number of piperidine rings is 1. The van der Waals surface area contributed by atoms with Crippen molar-refractivity contribution in [2.45, 2.75) is 69.7 Å². The van der Waals surface area contributed by atoms with Crippen LogP contribution >= 0.6 is 0 Å². The number of rotatable bonds is 7. The van der Waals surface area contributed by atoms with Crippen LogP contribution in [0, 0.1) is 12.8 Å². The number of methoxy groups -OCH3 is 1. The maximum absolute atomic E-state index is 5.80. The fourth-order valence-corrected chi connectivity index (χ4v) is 5.39. The smallest absolute Gasteiger partial charge is 0.229 e. The minimum atomic E-state index is 0.0837. The fourth-order valence-electron chi connectivity index (χ4n) is 5.39. The van der Waals surface area contributed by atoms with Crippen molar-refractivity contribution < 1.29 is 14.0 Å². The zero-order valence-electron chi connectivity index (χ0n) is 18.9. The van der Waals surface area contributed by atoms with E-state index in [0.29, 0.717) is 5.92 Å². The van der Waals surface area contributed by atoms with Crippen molar-refractivity contribution in [3.8, 4) is 5.75 Å². The van der Waals surface area contributed by atoms with Crippen molar-refractivity contribution in [3.05, 3.63) is 41.0 Å². The molecule has 1 aliphatic carbocycles. The zero-order chi connectivity index (χ0) is 21.3. The summed E-state index contributed by atoms with van der Waals surface area (Å²) in [5.41, 5.74) is 2.64. The largest absolute Gasteiger partial charge is 0.496 e. The SMILES string of the molecule is COc1ccc(CN2CCC(CC3CC3)(c3noc(C4CCOCC4)n3)CC2)cc1C. The van der Waals surface area contributed by atoms with Crippen molar-refractivity contribution in [1.29, 1.82) is 0 Å². The van der Waals surface area contributed by atoms with E-state index in [9.17, 15) is 0 Å².